The van der Waals surface area contributed by atoms with E-state index in [0.29, 0.717) is 6.04 Å². The van der Waals surface area contributed by atoms with Crippen molar-refractivity contribution in [3.8, 4) is 0 Å². The van der Waals surface area contributed by atoms with Gasteiger partial charge in [0.2, 0.25) is 0 Å². The Kier molecular flexibility index (Phi) is 4.00. The fourth-order valence-corrected chi connectivity index (χ4v) is 3.52. The van der Waals surface area contributed by atoms with E-state index in [2.05, 4.69) is 59.6 Å². The minimum atomic E-state index is 0.367. The Morgan fingerprint density at radius 1 is 1.14 bits per heavy atom. The molecule has 1 aliphatic rings. The van der Waals surface area contributed by atoms with Crippen molar-refractivity contribution >= 4 is 5.69 Å². The highest BCUT2D eigenvalue weighted by molar-refractivity contribution is 5.54. The molecule has 1 aromatic heterocycles. The third-order valence-electron chi connectivity index (χ3n) is 4.66. The maximum atomic E-state index is 4.64. The van der Waals surface area contributed by atoms with Gasteiger partial charge in [-0.2, -0.15) is 0 Å². The number of fused-ring (bicyclic) bond motifs is 1. The molecule has 3 nitrogen and oxygen atoms in total. The van der Waals surface area contributed by atoms with Crippen LogP contribution in [0.1, 0.15) is 49.2 Å². The molecule has 21 heavy (non-hydrogen) atoms. The predicted octanol–water partition coefficient (Wildman–Crippen LogP) is 4.02. The topological polar surface area (TPSA) is 21.1 Å². The highest BCUT2D eigenvalue weighted by Crippen LogP contribution is 2.32. The molecule has 0 saturated heterocycles. The fraction of sp³-hybridized carbons (Fsp3) is 0.500. The van der Waals surface area contributed by atoms with Crippen LogP contribution in [-0.2, 0) is 13.5 Å². The Morgan fingerprint density at radius 2 is 1.95 bits per heavy atom. The summed E-state index contributed by atoms with van der Waals surface area (Å²) in [5, 5.41) is 0. The first-order chi connectivity index (χ1) is 10.2. The van der Waals surface area contributed by atoms with Crippen molar-refractivity contribution < 1.29 is 0 Å². The molecule has 2 aromatic rings. The molecule has 0 unspecified atom stereocenters. The summed E-state index contributed by atoms with van der Waals surface area (Å²) in [6.45, 7) is 5.65. The summed E-state index contributed by atoms with van der Waals surface area (Å²) in [6, 6.07) is 9.09. The van der Waals surface area contributed by atoms with Gasteiger partial charge in [0.05, 0.1) is 23.8 Å². The van der Waals surface area contributed by atoms with E-state index in [1.807, 2.05) is 6.33 Å². The number of anilines is 1. The van der Waals surface area contributed by atoms with Crippen LogP contribution in [0.4, 0.5) is 5.69 Å². The van der Waals surface area contributed by atoms with E-state index < -0.39 is 0 Å². The van der Waals surface area contributed by atoms with Gasteiger partial charge < -0.3 is 9.47 Å². The van der Waals surface area contributed by atoms with Crippen molar-refractivity contribution in [1.82, 2.24) is 9.55 Å². The van der Waals surface area contributed by atoms with Gasteiger partial charge in [0, 0.05) is 19.3 Å². The van der Waals surface area contributed by atoms with Crippen molar-refractivity contribution in [1.29, 1.82) is 0 Å². The summed E-state index contributed by atoms with van der Waals surface area (Å²) in [6.07, 6.45) is 6.87. The summed E-state index contributed by atoms with van der Waals surface area (Å²) in [7, 11) is 2.12. The first-order valence-corrected chi connectivity index (χ1v) is 8.01. The lowest BCUT2D eigenvalue weighted by Crippen LogP contribution is -2.30. The third-order valence-corrected chi connectivity index (χ3v) is 4.66. The Hall–Kier alpha value is -1.77. The zero-order valence-corrected chi connectivity index (χ0v) is 13.3. The summed E-state index contributed by atoms with van der Waals surface area (Å²) in [5.41, 5.74) is 5.37. The SMILES string of the molecule is Cc1ccccc1N1CCCCCc2ncn(C)c2[C@@H]1C. The largest absolute Gasteiger partial charge is 0.363 e. The van der Waals surface area contributed by atoms with Gasteiger partial charge in [-0.05, 0) is 44.7 Å². The molecular formula is C18H25N3. The minimum absolute atomic E-state index is 0.367. The standard InChI is InChI=1S/C18H25N3/c1-14-9-6-7-11-17(14)21-12-8-4-5-10-16-18(15(21)2)20(3)13-19-16/h6-7,9,11,13,15H,4-5,8,10,12H2,1-3H3/t15-/m0/s1. The Labute approximate surface area is 127 Å². The molecule has 0 N–H and O–H groups in total. The fourth-order valence-electron chi connectivity index (χ4n) is 3.52. The molecule has 1 aromatic carbocycles. The molecule has 0 bridgehead atoms. The molecular weight excluding hydrogens is 258 g/mol. The molecule has 112 valence electrons. The summed E-state index contributed by atoms with van der Waals surface area (Å²) in [5.74, 6) is 0. The van der Waals surface area contributed by atoms with Crippen LogP contribution in [0.15, 0.2) is 30.6 Å². The third kappa shape index (κ3) is 2.69. The second kappa shape index (κ2) is 5.92. The number of rotatable bonds is 1. The van der Waals surface area contributed by atoms with Crippen molar-refractivity contribution in [3.63, 3.8) is 0 Å². The number of imidazole rings is 1. The van der Waals surface area contributed by atoms with Gasteiger partial charge in [-0.25, -0.2) is 4.98 Å². The Balaban J connectivity index is 2.04. The second-order valence-corrected chi connectivity index (χ2v) is 6.15. The van der Waals surface area contributed by atoms with Crippen molar-refractivity contribution in [2.24, 2.45) is 7.05 Å². The number of aryl methyl sites for hydroxylation is 3. The zero-order chi connectivity index (χ0) is 14.8. The lowest BCUT2D eigenvalue weighted by Gasteiger charge is -2.33. The van der Waals surface area contributed by atoms with Gasteiger partial charge in [0.1, 0.15) is 0 Å². The van der Waals surface area contributed by atoms with E-state index in [1.165, 1.54) is 41.9 Å². The number of hydrogen-bond donors (Lipinski definition) is 0. The minimum Gasteiger partial charge on any atom is -0.363 e. The molecule has 1 atom stereocenters. The van der Waals surface area contributed by atoms with E-state index in [9.17, 15) is 0 Å². The van der Waals surface area contributed by atoms with Gasteiger partial charge in [0.15, 0.2) is 0 Å². The molecule has 0 fully saturated rings. The van der Waals surface area contributed by atoms with E-state index in [4.69, 9.17) is 0 Å². The maximum Gasteiger partial charge on any atom is 0.0949 e. The molecule has 0 aliphatic carbocycles. The maximum absolute atomic E-state index is 4.64. The van der Waals surface area contributed by atoms with Crippen molar-refractivity contribution in [3.05, 3.63) is 47.5 Å². The van der Waals surface area contributed by atoms with E-state index in [-0.39, 0.29) is 0 Å². The van der Waals surface area contributed by atoms with Crippen LogP contribution in [0.25, 0.3) is 0 Å². The van der Waals surface area contributed by atoms with Crippen molar-refractivity contribution in [2.45, 2.75) is 45.6 Å². The monoisotopic (exact) mass is 283 g/mol. The molecule has 0 spiro atoms. The normalized spacial score (nSPS) is 19.6. The molecule has 3 heteroatoms. The molecule has 0 amide bonds. The number of hydrogen-bond acceptors (Lipinski definition) is 2. The quantitative estimate of drug-likeness (QED) is 0.788. The number of nitrogens with zero attached hydrogens (tertiary/aromatic N) is 3. The highest BCUT2D eigenvalue weighted by Gasteiger charge is 2.24. The molecule has 0 radical (unpaired) electrons. The van der Waals surface area contributed by atoms with Gasteiger partial charge in [-0.3, -0.25) is 0 Å². The van der Waals surface area contributed by atoms with Crippen LogP contribution in [0.5, 0.6) is 0 Å². The Bertz CT molecular complexity index is 615. The van der Waals surface area contributed by atoms with Crippen molar-refractivity contribution in [2.75, 3.05) is 11.4 Å². The summed E-state index contributed by atoms with van der Waals surface area (Å²) < 4.78 is 2.20. The van der Waals surface area contributed by atoms with Crippen LogP contribution in [-0.4, -0.2) is 16.1 Å². The second-order valence-electron chi connectivity index (χ2n) is 6.15. The van der Waals surface area contributed by atoms with E-state index >= 15 is 0 Å². The number of benzene rings is 1. The lowest BCUT2D eigenvalue weighted by atomic mass is 10.1. The number of aromatic nitrogens is 2. The highest BCUT2D eigenvalue weighted by atomic mass is 15.2. The zero-order valence-electron chi connectivity index (χ0n) is 13.3. The lowest BCUT2D eigenvalue weighted by molar-refractivity contribution is 0.601. The average molecular weight is 283 g/mol. The number of para-hydroxylation sites is 1. The first-order valence-electron chi connectivity index (χ1n) is 8.01. The average Bonchev–Trinajstić information content (AvgIpc) is 2.86. The van der Waals surface area contributed by atoms with Gasteiger partial charge in [-0.15, -0.1) is 0 Å². The molecule has 3 rings (SSSR count). The summed E-state index contributed by atoms with van der Waals surface area (Å²) in [4.78, 5) is 7.19. The van der Waals surface area contributed by atoms with Gasteiger partial charge in [0.25, 0.3) is 0 Å². The van der Waals surface area contributed by atoms with Crippen LogP contribution >= 0.6 is 0 Å². The van der Waals surface area contributed by atoms with Crippen LogP contribution < -0.4 is 4.90 Å². The van der Waals surface area contributed by atoms with E-state index in [1.54, 1.807) is 0 Å². The predicted molar refractivity (Wildman–Crippen MR) is 87.7 cm³/mol. The smallest absolute Gasteiger partial charge is 0.0949 e. The van der Waals surface area contributed by atoms with Crippen LogP contribution in [0, 0.1) is 6.92 Å². The molecule has 2 heterocycles. The molecule has 0 saturated carbocycles. The van der Waals surface area contributed by atoms with Gasteiger partial charge in [-0.1, -0.05) is 24.6 Å². The van der Waals surface area contributed by atoms with Crippen LogP contribution in [0.3, 0.4) is 0 Å². The Morgan fingerprint density at radius 3 is 2.76 bits per heavy atom. The summed E-state index contributed by atoms with van der Waals surface area (Å²) >= 11 is 0. The van der Waals surface area contributed by atoms with E-state index in [0.717, 1.165) is 13.0 Å². The first kappa shape index (κ1) is 14.2. The molecule has 1 aliphatic heterocycles. The van der Waals surface area contributed by atoms with Gasteiger partial charge >= 0.3 is 0 Å². The van der Waals surface area contributed by atoms with Crippen LogP contribution in [0.2, 0.25) is 0 Å².